The summed E-state index contributed by atoms with van der Waals surface area (Å²) in [5.41, 5.74) is 1.13. The first-order chi connectivity index (χ1) is 12.6. The lowest BCUT2D eigenvalue weighted by molar-refractivity contribution is -0.141. The van der Waals surface area contributed by atoms with Crippen LogP contribution in [-0.4, -0.2) is 23.6 Å². The number of ether oxygens (including phenoxy) is 1. The fraction of sp³-hybridized carbons (Fsp3) is 0.278. The van der Waals surface area contributed by atoms with Crippen molar-refractivity contribution in [2.75, 3.05) is 7.11 Å². The minimum absolute atomic E-state index is 0.0529. The standard InChI is InChI=1S/C18H18N2O5S/c1-24-17(22)11-12(15-7-4-10-26-15)19-16(21)8-9-20-13-5-2-3-6-14(13)25-18(20)23/h2-7,10,12H,8-9,11H2,1H3,(H,19,21)/t12-/m0/s1. The second-order valence-electron chi connectivity index (χ2n) is 5.65. The molecule has 0 aliphatic carbocycles. The molecule has 1 N–H and O–H groups in total. The van der Waals surface area contributed by atoms with Gasteiger partial charge < -0.3 is 14.5 Å². The highest BCUT2D eigenvalue weighted by Gasteiger charge is 2.20. The molecule has 0 saturated carbocycles. The quantitative estimate of drug-likeness (QED) is 0.642. The third-order valence-corrected chi connectivity index (χ3v) is 4.94. The maximum atomic E-state index is 12.4. The Labute approximate surface area is 153 Å². The van der Waals surface area contributed by atoms with E-state index in [0.717, 1.165) is 4.88 Å². The van der Waals surface area contributed by atoms with Gasteiger partial charge in [-0.15, -0.1) is 11.3 Å². The third kappa shape index (κ3) is 4.02. The summed E-state index contributed by atoms with van der Waals surface area (Å²) in [6.07, 6.45) is 0.143. The minimum atomic E-state index is -0.497. The predicted octanol–water partition coefficient (Wildman–Crippen LogP) is 2.47. The third-order valence-electron chi connectivity index (χ3n) is 3.96. The number of aryl methyl sites for hydroxylation is 1. The van der Waals surface area contributed by atoms with E-state index in [1.54, 1.807) is 24.3 Å². The fourth-order valence-corrected chi connectivity index (χ4v) is 3.45. The Morgan fingerprint density at radius 1 is 1.27 bits per heavy atom. The van der Waals surface area contributed by atoms with E-state index in [9.17, 15) is 14.4 Å². The summed E-state index contributed by atoms with van der Waals surface area (Å²) < 4.78 is 11.3. The van der Waals surface area contributed by atoms with Gasteiger partial charge in [-0.25, -0.2) is 4.79 Å². The largest absolute Gasteiger partial charge is 0.469 e. The maximum absolute atomic E-state index is 12.4. The number of esters is 1. The molecule has 0 bridgehead atoms. The van der Waals surface area contributed by atoms with Crippen molar-refractivity contribution in [3.05, 3.63) is 57.2 Å². The predicted molar refractivity (Wildman–Crippen MR) is 96.9 cm³/mol. The van der Waals surface area contributed by atoms with Crippen LogP contribution in [0.3, 0.4) is 0 Å². The van der Waals surface area contributed by atoms with E-state index in [-0.39, 0.29) is 25.3 Å². The number of oxazole rings is 1. The minimum Gasteiger partial charge on any atom is -0.469 e. The monoisotopic (exact) mass is 374 g/mol. The van der Waals surface area contributed by atoms with E-state index >= 15 is 0 Å². The van der Waals surface area contributed by atoms with Crippen LogP contribution in [0.1, 0.15) is 23.8 Å². The maximum Gasteiger partial charge on any atom is 0.419 e. The SMILES string of the molecule is COC(=O)C[C@H](NC(=O)CCn1c(=O)oc2ccccc21)c1cccs1. The van der Waals surface area contributed by atoms with Gasteiger partial charge in [-0.3, -0.25) is 14.2 Å². The molecule has 1 atom stereocenters. The highest BCUT2D eigenvalue weighted by atomic mass is 32.1. The van der Waals surface area contributed by atoms with Crippen molar-refractivity contribution >= 4 is 34.3 Å². The summed E-state index contributed by atoms with van der Waals surface area (Å²) in [6, 6.07) is 10.3. The van der Waals surface area contributed by atoms with Crippen molar-refractivity contribution in [1.82, 2.24) is 9.88 Å². The van der Waals surface area contributed by atoms with E-state index in [2.05, 4.69) is 5.32 Å². The number of carbonyl (C=O) groups excluding carboxylic acids is 2. The van der Waals surface area contributed by atoms with Crippen LogP contribution in [-0.2, 0) is 20.9 Å². The van der Waals surface area contributed by atoms with Gasteiger partial charge in [0.05, 0.1) is 25.1 Å². The molecular weight excluding hydrogens is 356 g/mol. The number of nitrogens with one attached hydrogen (secondary N) is 1. The molecule has 2 aromatic heterocycles. The number of methoxy groups -OCH3 is 1. The number of fused-ring (bicyclic) bond motifs is 1. The number of thiophene rings is 1. The zero-order valence-corrected chi connectivity index (χ0v) is 15.0. The number of para-hydroxylation sites is 2. The molecule has 0 radical (unpaired) electrons. The lowest BCUT2D eigenvalue weighted by atomic mass is 10.1. The lowest BCUT2D eigenvalue weighted by Gasteiger charge is -2.16. The fourth-order valence-electron chi connectivity index (χ4n) is 2.67. The van der Waals surface area contributed by atoms with Gasteiger partial charge in [0, 0.05) is 17.8 Å². The summed E-state index contributed by atoms with van der Waals surface area (Å²) in [6.45, 7) is 0.192. The molecule has 0 unspecified atom stereocenters. The molecule has 3 aromatic rings. The van der Waals surface area contributed by atoms with Crippen molar-refractivity contribution in [1.29, 1.82) is 0 Å². The van der Waals surface area contributed by atoms with Crippen LogP contribution >= 0.6 is 11.3 Å². The smallest absolute Gasteiger partial charge is 0.419 e. The molecule has 136 valence electrons. The molecule has 1 amide bonds. The van der Waals surface area contributed by atoms with Gasteiger partial charge in [0.15, 0.2) is 5.58 Å². The van der Waals surface area contributed by atoms with Crippen LogP contribution < -0.4 is 11.1 Å². The average Bonchev–Trinajstić information content (AvgIpc) is 3.26. The Morgan fingerprint density at radius 2 is 2.08 bits per heavy atom. The molecule has 2 heterocycles. The number of nitrogens with zero attached hydrogens (tertiary/aromatic N) is 1. The first kappa shape index (κ1) is 17.9. The zero-order valence-electron chi connectivity index (χ0n) is 14.1. The van der Waals surface area contributed by atoms with E-state index in [0.29, 0.717) is 11.1 Å². The Kier molecular flexibility index (Phi) is 5.52. The topological polar surface area (TPSA) is 90.5 Å². The van der Waals surface area contributed by atoms with E-state index in [4.69, 9.17) is 9.15 Å². The van der Waals surface area contributed by atoms with Crippen molar-refractivity contribution in [2.45, 2.75) is 25.4 Å². The number of rotatable bonds is 7. The first-order valence-electron chi connectivity index (χ1n) is 8.06. The van der Waals surface area contributed by atoms with Crippen LogP contribution in [0, 0.1) is 0 Å². The normalized spacial score (nSPS) is 12.0. The van der Waals surface area contributed by atoms with Gasteiger partial charge in [0.1, 0.15) is 0 Å². The lowest BCUT2D eigenvalue weighted by Crippen LogP contribution is -2.31. The molecule has 0 fully saturated rings. The Morgan fingerprint density at radius 3 is 2.81 bits per heavy atom. The first-order valence-corrected chi connectivity index (χ1v) is 8.94. The summed E-state index contributed by atoms with van der Waals surface area (Å²) in [4.78, 5) is 36.8. The number of amides is 1. The van der Waals surface area contributed by atoms with Gasteiger partial charge in [0.25, 0.3) is 0 Å². The average molecular weight is 374 g/mol. The molecule has 3 rings (SSSR count). The highest BCUT2D eigenvalue weighted by Crippen LogP contribution is 2.22. The number of hydrogen-bond acceptors (Lipinski definition) is 6. The van der Waals surface area contributed by atoms with E-state index in [1.165, 1.54) is 23.0 Å². The van der Waals surface area contributed by atoms with Crippen LogP contribution in [0.25, 0.3) is 11.1 Å². The summed E-state index contributed by atoms with van der Waals surface area (Å²) in [5, 5.41) is 4.72. The van der Waals surface area contributed by atoms with Gasteiger partial charge in [-0.2, -0.15) is 0 Å². The van der Waals surface area contributed by atoms with E-state index in [1.807, 2.05) is 17.5 Å². The number of carbonyl (C=O) groups is 2. The highest BCUT2D eigenvalue weighted by molar-refractivity contribution is 7.10. The summed E-state index contributed by atoms with van der Waals surface area (Å²) in [7, 11) is 1.31. The molecule has 26 heavy (non-hydrogen) atoms. The molecule has 0 spiro atoms. The van der Waals surface area contributed by atoms with Gasteiger partial charge >= 0.3 is 11.7 Å². The second kappa shape index (κ2) is 8.01. The van der Waals surface area contributed by atoms with Crippen molar-refractivity contribution in [3.63, 3.8) is 0 Å². The van der Waals surface area contributed by atoms with Crippen LogP contribution in [0.2, 0.25) is 0 Å². The van der Waals surface area contributed by atoms with Crippen molar-refractivity contribution < 1.29 is 18.7 Å². The molecular formula is C18H18N2O5S. The van der Waals surface area contributed by atoms with Crippen molar-refractivity contribution in [3.8, 4) is 0 Å². The van der Waals surface area contributed by atoms with Gasteiger partial charge in [-0.05, 0) is 23.6 Å². The number of aromatic nitrogens is 1. The molecule has 0 saturated heterocycles. The Balaban J connectivity index is 1.67. The molecule has 0 aliphatic rings. The van der Waals surface area contributed by atoms with E-state index < -0.39 is 17.8 Å². The molecule has 7 nitrogen and oxygen atoms in total. The summed E-state index contributed by atoms with van der Waals surface area (Å²) >= 11 is 1.45. The Bertz CT molecular complexity index is 958. The summed E-state index contributed by atoms with van der Waals surface area (Å²) in [5.74, 6) is -1.16. The van der Waals surface area contributed by atoms with Crippen LogP contribution in [0.4, 0.5) is 0 Å². The zero-order chi connectivity index (χ0) is 18.5. The molecule has 1 aromatic carbocycles. The molecule has 0 aliphatic heterocycles. The van der Waals surface area contributed by atoms with Crippen molar-refractivity contribution in [2.24, 2.45) is 0 Å². The van der Waals surface area contributed by atoms with Gasteiger partial charge in [-0.1, -0.05) is 18.2 Å². The number of hydrogen-bond donors (Lipinski definition) is 1. The van der Waals surface area contributed by atoms with Crippen LogP contribution in [0.5, 0.6) is 0 Å². The number of benzene rings is 1. The Hall–Kier alpha value is -2.87. The molecule has 8 heteroatoms. The van der Waals surface area contributed by atoms with Gasteiger partial charge in [0.2, 0.25) is 5.91 Å². The van der Waals surface area contributed by atoms with Crippen LogP contribution in [0.15, 0.2) is 51.0 Å². The second-order valence-corrected chi connectivity index (χ2v) is 6.63.